The van der Waals surface area contributed by atoms with Gasteiger partial charge in [-0.1, -0.05) is 18.2 Å². The third-order valence-corrected chi connectivity index (χ3v) is 5.27. The average Bonchev–Trinajstić information content (AvgIpc) is 3.34. The molecular weight excluding hydrogens is 462 g/mol. The van der Waals surface area contributed by atoms with Crippen molar-refractivity contribution in [3.8, 4) is 11.5 Å². The molecule has 2 amide bonds. The molecule has 186 valence electrons. The highest BCUT2D eigenvalue weighted by Crippen LogP contribution is 2.28. The van der Waals surface area contributed by atoms with Crippen molar-refractivity contribution >= 4 is 34.2 Å². The molecule has 4 aromatic rings. The highest BCUT2D eigenvalue weighted by atomic mass is 16.5. The van der Waals surface area contributed by atoms with Gasteiger partial charge in [0, 0.05) is 18.7 Å². The topological polar surface area (TPSA) is 125 Å². The number of methoxy groups -OCH3 is 1. The standard InChI is InChI=1S/C27H27N3O6/c1-33-15-16-35-23-7-4-8-24-20(23)17-25(36-24)27(32)29-13-14-34-19-11-9-18(10-12-19)26(31)30-22-6-3-2-5-21(22)28/h2-12,17H,13-16,28H2,1H3,(H,29,32)(H,30,31). The molecular formula is C27H27N3O6. The van der Waals surface area contributed by atoms with E-state index in [9.17, 15) is 9.59 Å². The van der Waals surface area contributed by atoms with E-state index in [2.05, 4.69) is 10.6 Å². The smallest absolute Gasteiger partial charge is 0.287 e. The lowest BCUT2D eigenvalue weighted by Gasteiger charge is -2.09. The van der Waals surface area contributed by atoms with Crippen molar-refractivity contribution < 1.29 is 28.2 Å². The van der Waals surface area contributed by atoms with E-state index >= 15 is 0 Å². The van der Waals surface area contributed by atoms with Gasteiger partial charge in [0.1, 0.15) is 30.3 Å². The van der Waals surface area contributed by atoms with Crippen LogP contribution in [0.3, 0.4) is 0 Å². The quantitative estimate of drug-likeness (QED) is 0.214. The van der Waals surface area contributed by atoms with Gasteiger partial charge in [0.05, 0.1) is 29.9 Å². The minimum absolute atomic E-state index is 0.183. The van der Waals surface area contributed by atoms with Crippen LogP contribution in [-0.4, -0.2) is 45.3 Å². The van der Waals surface area contributed by atoms with Crippen molar-refractivity contribution in [1.29, 1.82) is 0 Å². The van der Waals surface area contributed by atoms with E-state index in [-0.39, 0.29) is 30.7 Å². The maximum absolute atomic E-state index is 12.5. The average molecular weight is 490 g/mol. The fraction of sp³-hybridized carbons (Fsp3) is 0.185. The van der Waals surface area contributed by atoms with Crippen LogP contribution in [0.5, 0.6) is 11.5 Å². The van der Waals surface area contributed by atoms with E-state index in [0.717, 1.165) is 0 Å². The van der Waals surface area contributed by atoms with Crippen LogP contribution in [0.15, 0.2) is 77.2 Å². The lowest BCUT2D eigenvalue weighted by molar-refractivity contribution is 0.0920. The highest BCUT2D eigenvalue weighted by molar-refractivity contribution is 6.05. The number of nitrogen functional groups attached to an aromatic ring is 1. The Labute approximate surface area is 208 Å². The molecule has 1 heterocycles. The minimum atomic E-state index is -0.357. The van der Waals surface area contributed by atoms with Gasteiger partial charge in [0.25, 0.3) is 11.8 Å². The number of nitrogens with two attached hydrogens (primary N) is 1. The Morgan fingerprint density at radius 1 is 0.889 bits per heavy atom. The first-order valence-electron chi connectivity index (χ1n) is 11.4. The molecule has 9 heteroatoms. The van der Waals surface area contributed by atoms with Crippen LogP contribution in [0.25, 0.3) is 11.0 Å². The molecule has 1 aromatic heterocycles. The third-order valence-electron chi connectivity index (χ3n) is 5.27. The third kappa shape index (κ3) is 6.13. The number of ether oxygens (including phenoxy) is 3. The highest BCUT2D eigenvalue weighted by Gasteiger charge is 2.15. The van der Waals surface area contributed by atoms with Crippen LogP contribution in [0.4, 0.5) is 11.4 Å². The zero-order valence-corrected chi connectivity index (χ0v) is 19.8. The normalized spacial score (nSPS) is 10.7. The van der Waals surface area contributed by atoms with Crippen molar-refractivity contribution in [3.05, 3.63) is 84.1 Å². The fourth-order valence-corrected chi connectivity index (χ4v) is 3.44. The summed E-state index contributed by atoms with van der Waals surface area (Å²) in [5.41, 5.74) is 7.94. The summed E-state index contributed by atoms with van der Waals surface area (Å²) in [6.07, 6.45) is 0. The van der Waals surface area contributed by atoms with Crippen molar-refractivity contribution in [3.63, 3.8) is 0 Å². The van der Waals surface area contributed by atoms with E-state index < -0.39 is 0 Å². The largest absolute Gasteiger partial charge is 0.492 e. The molecule has 3 aromatic carbocycles. The molecule has 0 saturated carbocycles. The second kappa shape index (κ2) is 11.8. The van der Waals surface area contributed by atoms with E-state index in [4.69, 9.17) is 24.4 Å². The van der Waals surface area contributed by atoms with Crippen molar-refractivity contribution in [1.82, 2.24) is 5.32 Å². The number of anilines is 2. The summed E-state index contributed by atoms with van der Waals surface area (Å²) in [6.45, 7) is 1.36. The Balaban J connectivity index is 1.25. The molecule has 0 unspecified atom stereocenters. The van der Waals surface area contributed by atoms with Gasteiger partial charge in [0.2, 0.25) is 0 Å². The van der Waals surface area contributed by atoms with Crippen LogP contribution in [-0.2, 0) is 4.74 Å². The first-order valence-corrected chi connectivity index (χ1v) is 11.4. The van der Waals surface area contributed by atoms with Gasteiger partial charge >= 0.3 is 0 Å². The first-order chi connectivity index (χ1) is 17.5. The van der Waals surface area contributed by atoms with E-state index in [1.165, 1.54) is 0 Å². The van der Waals surface area contributed by atoms with Crippen molar-refractivity contribution in [2.75, 3.05) is 44.5 Å². The number of furan rings is 1. The minimum Gasteiger partial charge on any atom is -0.492 e. The summed E-state index contributed by atoms with van der Waals surface area (Å²) in [6, 6.07) is 20.8. The van der Waals surface area contributed by atoms with Gasteiger partial charge in [-0.15, -0.1) is 0 Å². The SMILES string of the molecule is COCCOc1cccc2oc(C(=O)NCCOc3ccc(C(=O)Nc4ccccc4N)cc3)cc12. The molecule has 4 rings (SSSR count). The molecule has 0 spiro atoms. The van der Waals surface area contributed by atoms with Crippen molar-refractivity contribution in [2.45, 2.75) is 0 Å². The molecule has 0 radical (unpaired) electrons. The number of para-hydroxylation sites is 2. The first kappa shape index (κ1) is 24.6. The summed E-state index contributed by atoms with van der Waals surface area (Å²) >= 11 is 0. The molecule has 0 saturated heterocycles. The molecule has 0 bridgehead atoms. The predicted octanol–water partition coefficient (Wildman–Crippen LogP) is 4.10. The zero-order chi connectivity index (χ0) is 25.3. The number of hydrogen-bond donors (Lipinski definition) is 3. The lowest BCUT2D eigenvalue weighted by atomic mass is 10.2. The molecule has 4 N–H and O–H groups in total. The number of nitrogens with one attached hydrogen (secondary N) is 2. The number of fused-ring (bicyclic) bond motifs is 1. The Hall–Kier alpha value is -4.50. The number of amides is 2. The van der Waals surface area contributed by atoms with Crippen molar-refractivity contribution in [2.24, 2.45) is 0 Å². The lowest BCUT2D eigenvalue weighted by Crippen LogP contribution is -2.27. The molecule has 0 aliphatic rings. The molecule has 9 nitrogen and oxygen atoms in total. The van der Waals surface area contributed by atoms with Crippen LogP contribution >= 0.6 is 0 Å². The summed E-state index contributed by atoms with van der Waals surface area (Å²) in [5, 5.41) is 6.26. The van der Waals surface area contributed by atoms with Gasteiger partial charge < -0.3 is 35.0 Å². The van der Waals surface area contributed by atoms with Crippen LogP contribution in [0, 0.1) is 0 Å². The van der Waals surface area contributed by atoms with E-state index in [1.54, 1.807) is 73.8 Å². The Morgan fingerprint density at radius 2 is 1.69 bits per heavy atom. The molecule has 0 aliphatic carbocycles. The van der Waals surface area contributed by atoms with Gasteiger partial charge in [-0.3, -0.25) is 9.59 Å². The summed E-state index contributed by atoms with van der Waals surface area (Å²) < 4.78 is 22.0. The van der Waals surface area contributed by atoms with Gasteiger partial charge in [-0.05, 0) is 48.5 Å². The number of hydrogen-bond acceptors (Lipinski definition) is 7. The van der Waals surface area contributed by atoms with Crippen LogP contribution < -0.4 is 25.8 Å². The number of benzene rings is 3. The molecule has 0 atom stereocenters. The Bertz CT molecular complexity index is 1330. The summed E-state index contributed by atoms with van der Waals surface area (Å²) in [5.74, 6) is 0.749. The molecule has 0 fully saturated rings. The number of carbonyl (C=O) groups is 2. The van der Waals surface area contributed by atoms with E-state index in [1.807, 2.05) is 6.07 Å². The molecule has 0 aliphatic heterocycles. The van der Waals surface area contributed by atoms with E-state index in [0.29, 0.717) is 52.6 Å². The Morgan fingerprint density at radius 3 is 2.47 bits per heavy atom. The van der Waals surface area contributed by atoms with Gasteiger partial charge in [-0.2, -0.15) is 0 Å². The van der Waals surface area contributed by atoms with Gasteiger partial charge in [-0.25, -0.2) is 0 Å². The van der Waals surface area contributed by atoms with Crippen LogP contribution in [0.2, 0.25) is 0 Å². The Kier molecular flexibility index (Phi) is 8.05. The zero-order valence-electron chi connectivity index (χ0n) is 19.8. The second-order valence-electron chi connectivity index (χ2n) is 7.79. The monoisotopic (exact) mass is 489 g/mol. The number of rotatable bonds is 11. The fourth-order valence-electron chi connectivity index (χ4n) is 3.44. The van der Waals surface area contributed by atoms with Gasteiger partial charge in [0.15, 0.2) is 5.76 Å². The predicted molar refractivity (Wildman–Crippen MR) is 137 cm³/mol. The maximum Gasteiger partial charge on any atom is 0.287 e. The maximum atomic E-state index is 12.5. The molecule has 36 heavy (non-hydrogen) atoms. The summed E-state index contributed by atoms with van der Waals surface area (Å²) in [4.78, 5) is 24.9. The second-order valence-corrected chi connectivity index (χ2v) is 7.79. The summed E-state index contributed by atoms with van der Waals surface area (Å²) in [7, 11) is 1.60. The van der Waals surface area contributed by atoms with Crippen LogP contribution in [0.1, 0.15) is 20.9 Å². The number of carbonyl (C=O) groups excluding carboxylic acids is 2.